The molecular formula is C21H24N4O. The molecule has 0 unspecified atom stereocenters. The van der Waals surface area contributed by atoms with Gasteiger partial charge in [0.15, 0.2) is 0 Å². The fourth-order valence-corrected chi connectivity index (χ4v) is 4.54. The first-order chi connectivity index (χ1) is 12.7. The second-order valence-corrected chi connectivity index (χ2v) is 8.08. The Morgan fingerprint density at radius 1 is 1.19 bits per heavy atom. The topological polar surface area (TPSA) is 49.3 Å². The third kappa shape index (κ3) is 2.75. The molecule has 1 saturated heterocycles. The van der Waals surface area contributed by atoms with Crippen molar-refractivity contribution in [3.05, 3.63) is 54.1 Å². The Hall–Kier alpha value is -2.43. The summed E-state index contributed by atoms with van der Waals surface area (Å²) in [5.41, 5.74) is 3.58. The predicted octanol–water partition coefficient (Wildman–Crippen LogP) is 2.77. The van der Waals surface area contributed by atoms with E-state index in [1.807, 2.05) is 30.7 Å². The van der Waals surface area contributed by atoms with Gasteiger partial charge in [-0.15, -0.1) is 0 Å². The lowest BCUT2D eigenvalue weighted by Crippen LogP contribution is -2.38. The molecule has 2 aromatic rings. The number of likely N-dealkylation sites (tertiary alicyclic amines) is 1. The number of hydrogen-bond acceptors (Lipinski definition) is 4. The van der Waals surface area contributed by atoms with Crippen LogP contribution in [-0.4, -0.2) is 40.4 Å². The average molecular weight is 348 g/mol. The Labute approximate surface area is 154 Å². The molecule has 26 heavy (non-hydrogen) atoms. The van der Waals surface area contributed by atoms with Crippen LogP contribution in [0.3, 0.4) is 0 Å². The molecule has 1 spiro atoms. The summed E-state index contributed by atoms with van der Waals surface area (Å²) in [6.07, 6.45) is 9.85. The van der Waals surface area contributed by atoms with Gasteiger partial charge in [-0.3, -0.25) is 14.8 Å². The molecule has 2 fully saturated rings. The van der Waals surface area contributed by atoms with Crippen LogP contribution >= 0.6 is 0 Å². The van der Waals surface area contributed by atoms with Crippen LogP contribution in [0.1, 0.15) is 36.9 Å². The largest absolute Gasteiger partial charge is 0.365 e. The monoisotopic (exact) mass is 348 g/mol. The highest BCUT2D eigenvalue weighted by molar-refractivity contribution is 5.77. The van der Waals surface area contributed by atoms with Gasteiger partial charge < -0.3 is 9.80 Å². The van der Waals surface area contributed by atoms with Gasteiger partial charge in [-0.05, 0) is 48.9 Å². The van der Waals surface area contributed by atoms with E-state index in [0.29, 0.717) is 11.8 Å². The molecule has 1 amide bonds. The van der Waals surface area contributed by atoms with Gasteiger partial charge in [-0.1, -0.05) is 6.07 Å². The van der Waals surface area contributed by atoms with E-state index in [-0.39, 0.29) is 5.41 Å². The van der Waals surface area contributed by atoms with Crippen molar-refractivity contribution < 1.29 is 4.79 Å². The number of pyridine rings is 2. The Balaban J connectivity index is 1.39. The molecular weight excluding hydrogens is 324 g/mol. The van der Waals surface area contributed by atoms with Crippen LogP contribution in [0.15, 0.2) is 42.9 Å². The molecule has 1 aliphatic carbocycles. The first-order valence-electron chi connectivity index (χ1n) is 9.61. The molecule has 5 heteroatoms. The Kier molecular flexibility index (Phi) is 3.69. The van der Waals surface area contributed by atoms with Crippen LogP contribution in [0, 0.1) is 5.92 Å². The van der Waals surface area contributed by atoms with Gasteiger partial charge in [-0.2, -0.15) is 0 Å². The van der Waals surface area contributed by atoms with Gasteiger partial charge in [0.2, 0.25) is 5.91 Å². The summed E-state index contributed by atoms with van der Waals surface area (Å²) < 4.78 is 0. The molecule has 5 rings (SSSR count). The lowest BCUT2D eigenvalue weighted by atomic mass is 9.85. The van der Waals surface area contributed by atoms with Crippen molar-refractivity contribution in [2.24, 2.45) is 5.92 Å². The van der Waals surface area contributed by atoms with Crippen LogP contribution in [0.5, 0.6) is 0 Å². The zero-order chi connectivity index (χ0) is 17.6. The van der Waals surface area contributed by atoms with E-state index in [1.54, 1.807) is 0 Å². The Morgan fingerprint density at radius 2 is 2.08 bits per heavy atom. The minimum atomic E-state index is -0.0159. The number of amides is 1. The zero-order valence-corrected chi connectivity index (χ0v) is 15.0. The number of carbonyl (C=O) groups excluding carboxylic acids is 1. The normalized spacial score (nSPS) is 24.3. The van der Waals surface area contributed by atoms with E-state index in [2.05, 4.69) is 26.9 Å². The maximum Gasteiger partial charge on any atom is 0.222 e. The van der Waals surface area contributed by atoms with Crippen molar-refractivity contribution in [1.29, 1.82) is 0 Å². The molecule has 0 radical (unpaired) electrons. The van der Waals surface area contributed by atoms with Crippen molar-refractivity contribution in [3.8, 4) is 0 Å². The number of nitrogens with zero attached hydrogens (tertiary/aromatic N) is 4. The molecule has 134 valence electrons. The molecule has 1 saturated carbocycles. The van der Waals surface area contributed by atoms with Crippen molar-refractivity contribution in [3.63, 3.8) is 0 Å². The number of hydrogen-bond donors (Lipinski definition) is 0. The van der Waals surface area contributed by atoms with Gasteiger partial charge in [-0.25, -0.2) is 0 Å². The van der Waals surface area contributed by atoms with Crippen LogP contribution in [0.25, 0.3) is 0 Å². The number of aromatic nitrogens is 2. The highest BCUT2D eigenvalue weighted by atomic mass is 16.2. The molecule has 0 aromatic carbocycles. The van der Waals surface area contributed by atoms with Gasteiger partial charge in [0.05, 0.1) is 16.8 Å². The minimum Gasteiger partial charge on any atom is -0.365 e. The van der Waals surface area contributed by atoms with Crippen LogP contribution in [-0.2, 0) is 16.8 Å². The molecule has 3 aliphatic rings. The highest BCUT2D eigenvalue weighted by Gasteiger charge is 2.49. The number of rotatable bonds is 4. The highest BCUT2D eigenvalue weighted by Crippen LogP contribution is 2.46. The summed E-state index contributed by atoms with van der Waals surface area (Å²) >= 11 is 0. The van der Waals surface area contributed by atoms with Crippen molar-refractivity contribution in [2.45, 2.75) is 37.6 Å². The fraction of sp³-hybridized carbons (Fsp3) is 0.476. The summed E-state index contributed by atoms with van der Waals surface area (Å²) in [4.78, 5) is 26.1. The summed E-state index contributed by atoms with van der Waals surface area (Å²) in [5.74, 6) is 0.989. The van der Waals surface area contributed by atoms with Crippen LogP contribution in [0.4, 0.5) is 5.69 Å². The maximum absolute atomic E-state index is 12.6. The van der Waals surface area contributed by atoms with Crippen LogP contribution < -0.4 is 4.90 Å². The molecule has 0 bridgehead atoms. The molecule has 5 nitrogen and oxygen atoms in total. The van der Waals surface area contributed by atoms with E-state index in [9.17, 15) is 4.79 Å². The average Bonchev–Trinajstić information content (AvgIpc) is 3.30. The van der Waals surface area contributed by atoms with Gasteiger partial charge in [0.25, 0.3) is 0 Å². The Morgan fingerprint density at radius 3 is 2.88 bits per heavy atom. The molecule has 0 N–H and O–H groups in total. The third-order valence-electron chi connectivity index (χ3n) is 6.09. The first-order valence-corrected chi connectivity index (χ1v) is 9.61. The SMILES string of the molecule is O=C(CC1CC1)N1CC[C@]2(C1)CN(Cc1cccnc1)c1cccnc12. The van der Waals surface area contributed by atoms with E-state index < -0.39 is 0 Å². The summed E-state index contributed by atoms with van der Waals surface area (Å²) in [6.45, 7) is 3.44. The van der Waals surface area contributed by atoms with Crippen molar-refractivity contribution >= 4 is 11.6 Å². The predicted molar refractivity (Wildman–Crippen MR) is 99.7 cm³/mol. The second-order valence-electron chi connectivity index (χ2n) is 8.08. The number of carbonyl (C=O) groups is 1. The van der Waals surface area contributed by atoms with E-state index in [4.69, 9.17) is 4.98 Å². The van der Waals surface area contributed by atoms with E-state index in [1.165, 1.54) is 29.8 Å². The Bertz CT molecular complexity index is 820. The summed E-state index contributed by atoms with van der Waals surface area (Å²) in [5, 5.41) is 0. The lowest BCUT2D eigenvalue weighted by molar-refractivity contribution is -0.130. The molecule has 4 heterocycles. The van der Waals surface area contributed by atoms with Crippen molar-refractivity contribution in [2.75, 3.05) is 24.5 Å². The number of fused-ring (bicyclic) bond motifs is 2. The molecule has 1 atom stereocenters. The maximum atomic E-state index is 12.6. The number of anilines is 1. The smallest absolute Gasteiger partial charge is 0.222 e. The minimum absolute atomic E-state index is 0.0159. The van der Waals surface area contributed by atoms with Crippen LogP contribution in [0.2, 0.25) is 0 Å². The second kappa shape index (κ2) is 6.08. The van der Waals surface area contributed by atoms with E-state index >= 15 is 0 Å². The van der Waals surface area contributed by atoms with Gasteiger partial charge in [0.1, 0.15) is 0 Å². The quantitative estimate of drug-likeness (QED) is 0.852. The van der Waals surface area contributed by atoms with Crippen molar-refractivity contribution in [1.82, 2.24) is 14.9 Å². The van der Waals surface area contributed by atoms with Gasteiger partial charge in [0, 0.05) is 51.2 Å². The standard InChI is InChI=1S/C21H24N4O/c26-19(11-16-5-6-16)24-10-7-21(14-24)15-25(13-17-3-1-8-22-12-17)18-4-2-9-23-20(18)21/h1-4,8-9,12,16H,5-7,10-11,13-15H2/t21-/m0/s1. The summed E-state index contributed by atoms with van der Waals surface area (Å²) in [6, 6.07) is 8.29. The first kappa shape index (κ1) is 15.8. The molecule has 2 aromatic heterocycles. The third-order valence-corrected chi connectivity index (χ3v) is 6.09. The fourth-order valence-electron chi connectivity index (χ4n) is 4.54. The summed E-state index contributed by atoms with van der Waals surface area (Å²) in [7, 11) is 0. The zero-order valence-electron chi connectivity index (χ0n) is 15.0. The van der Waals surface area contributed by atoms with Gasteiger partial charge >= 0.3 is 0 Å². The van der Waals surface area contributed by atoms with E-state index in [0.717, 1.165) is 39.0 Å². The molecule has 2 aliphatic heterocycles. The lowest BCUT2D eigenvalue weighted by Gasteiger charge is -2.26.